The molecule has 3 aromatic rings. The van der Waals surface area contributed by atoms with Crippen LogP contribution >= 0.6 is 0 Å². The monoisotopic (exact) mass is 500 g/mol. The molecule has 1 aromatic heterocycles. The average molecular weight is 501 g/mol. The Balaban J connectivity index is 1.53. The van der Waals surface area contributed by atoms with Crippen molar-refractivity contribution in [1.82, 2.24) is 14.3 Å². The minimum atomic E-state index is -3.76. The highest BCUT2D eigenvalue weighted by Gasteiger charge is 2.33. The normalized spacial score (nSPS) is 17.3. The molecule has 0 atom stereocenters. The highest BCUT2D eigenvalue weighted by Crippen LogP contribution is 2.35. The molecule has 0 bridgehead atoms. The zero-order chi connectivity index (χ0) is 24.6. The van der Waals surface area contributed by atoms with Gasteiger partial charge in [-0.2, -0.15) is 9.29 Å². The van der Waals surface area contributed by atoms with Crippen molar-refractivity contribution in [3.05, 3.63) is 71.4 Å². The maximum atomic E-state index is 14.4. The van der Waals surface area contributed by atoms with Crippen molar-refractivity contribution >= 4 is 16.0 Å². The van der Waals surface area contributed by atoms with E-state index in [-0.39, 0.29) is 29.6 Å². The van der Waals surface area contributed by atoms with Crippen molar-refractivity contribution in [2.45, 2.75) is 37.6 Å². The number of hydrogen-bond donors (Lipinski definition) is 0. The van der Waals surface area contributed by atoms with Gasteiger partial charge in [-0.15, -0.1) is 0 Å². The van der Waals surface area contributed by atoms with Crippen molar-refractivity contribution in [1.29, 1.82) is 0 Å². The highest BCUT2D eigenvalue weighted by molar-refractivity contribution is 7.89. The summed E-state index contributed by atoms with van der Waals surface area (Å²) in [6, 6.07) is 11.2. The number of hydrogen-bond acceptors (Lipinski definition) is 6. The van der Waals surface area contributed by atoms with Crippen LogP contribution in [0.3, 0.4) is 0 Å². The van der Waals surface area contributed by atoms with Gasteiger partial charge in [0.25, 0.3) is 0 Å². The molecule has 0 unspecified atom stereocenters. The second-order valence-corrected chi connectivity index (χ2v) is 10.9. The Bertz CT molecular complexity index is 1330. The van der Waals surface area contributed by atoms with Crippen molar-refractivity contribution in [2.75, 3.05) is 24.5 Å². The zero-order valence-electron chi connectivity index (χ0n) is 19.3. The quantitative estimate of drug-likeness (QED) is 0.513. The van der Waals surface area contributed by atoms with Gasteiger partial charge in [-0.05, 0) is 43.0 Å². The number of piperidine rings is 1. The van der Waals surface area contributed by atoms with Gasteiger partial charge in [0.05, 0.1) is 16.2 Å². The molecule has 1 saturated heterocycles. The Kier molecular flexibility index (Phi) is 6.41. The second kappa shape index (κ2) is 9.50. The molecular weight excluding hydrogens is 474 g/mol. The third-order valence-corrected chi connectivity index (χ3v) is 8.38. The molecule has 2 aromatic carbocycles. The summed E-state index contributed by atoms with van der Waals surface area (Å²) < 4.78 is 61.5. The van der Waals surface area contributed by atoms with Crippen LogP contribution in [0.4, 0.5) is 14.7 Å². The van der Waals surface area contributed by atoms with E-state index in [0.29, 0.717) is 29.5 Å². The smallest absolute Gasteiger partial charge is 0.243 e. The summed E-state index contributed by atoms with van der Waals surface area (Å²) in [5, 5.41) is 0. The lowest BCUT2D eigenvalue weighted by Crippen LogP contribution is -2.38. The summed E-state index contributed by atoms with van der Waals surface area (Å²) >= 11 is 0. The van der Waals surface area contributed by atoms with Gasteiger partial charge in [-0.1, -0.05) is 25.1 Å². The molecule has 5 rings (SSSR count). The molecule has 35 heavy (non-hydrogen) atoms. The summed E-state index contributed by atoms with van der Waals surface area (Å²) in [4.78, 5) is 11.6. The van der Waals surface area contributed by atoms with Gasteiger partial charge in [0, 0.05) is 38.7 Å². The predicted molar refractivity (Wildman–Crippen MR) is 127 cm³/mol. The van der Waals surface area contributed by atoms with Crippen LogP contribution in [0.1, 0.15) is 31.0 Å². The predicted octanol–water partition coefficient (Wildman–Crippen LogP) is 4.53. The maximum absolute atomic E-state index is 14.4. The Labute approximate surface area is 203 Å². The zero-order valence-corrected chi connectivity index (χ0v) is 20.1. The van der Waals surface area contributed by atoms with E-state index in [2.05, 4.69) is 16.8 Å². The molecule has 2 aliphatic heterocycles. The molecule has 184 valence electrons. The van der Waals surface area contributed by atoms with Crippen molar-refractivity contribution < 1.29 is 21.9 Å². The summed E-state index contributed by atoms with van der Waals surface area (Å²) in [7, 11) is -3.76. The topological polar surface area (TPSA) is 75.6 Å². The van der Waals surface area contributed by atoms with Crippen LogP contribution in [0.2, 0.25) is 0 Å². The van der Waals surface area contributed by atoms with E-state index in [1.807, 2.05) is 0 Å². The first kappa shape index (κ1) is 23.6. The lowest BCUT2D eigenvalue weighted by molar-refractivity contribution is 0.362. The molecule has 0 aliphatic carbocycles. The number of rotatable bonds is 5. The van der Waals surface area contributed by atoms with Gasteiger partial charge >= 0.3 is 0 Å². The van der Waals surface area contributed by atoms with E-state index in [0.717, 1.165) is 38.1 Å². The lowest BCUT2D eigenvalue weighted by Gasteiger charge is -2.33. The number of ether oxygens (including phenoxy) is 1. The Morgan fingerprint density at radius 3 is 2.46 bits per heavy atom. The van der Waals surface area contributed by atoms with Gasteiger partial charge < -0.3 is 9.64 Å². The molecular formula is C25H26F2N4O3S. The summed E-state index contributed by atoms with van der Waals surface area (Å²) in [6.45, 7) is 4.03. The van der Waals surface area contributed by atoms with Crippen LogP contribution in [0.25, 0.3) is 0 Å². The second-order valence-electron chi connectivity index (χ2n) is 9.00. The van der Waals surface area contributed by atoms with Gasteiger partial charge in [0.15, 0.2) is 11.6 Å². The first-order valence-electron chi connectivity index (χ1n) is 11.6. The number of nitrogens with zero attached hydrogens (tertiary/aromatic N) is 4. The number of fused-ring (bicyclic) bond motifs is 1. The fraction of sp³-hybridized carbons (Fsp3) is 0.360. The van der Waals surface area contributed by atoms with Crippen LogP contribution in [-0.2, 0) is 23.0 Å². The Morgan fingerprint density at radius 2 is 1.74 bits per heavy atom. The molecule has 0 saturated carbocycles. The SMILES string of the molecule is CC1CCN(c2nc3c(c(Oc4ccc(F)cc4F)n2)CN(S(=O)(=O)c2ccccc2)CC3)CC1. The van der Waals surface area contributed by atoms with E-state index in [9.17, 15) is 17.2 Å². The molecule has 0 radical (unpaired) electrons. The molecule has 1 fully saturated rings. The summed E-state index contributed by atoms with van der Waals surface area (Å²) in [5.74, 6) is -0.592. The lowest BCUT2D eigenvalue weighted by atomic mass is 9.99. The number of sulfonamides is 1. The Morgan fingerprint density at radius 1 is 1.00 bits per heavy atom. The molecule has 2 aliphatic rings. The first-order valence-corrected chi connectivity index (χ1v) is 13.1. The van der Waals surface area contributed by atoms with Crippen molar-refractivity contribution in [2.24, 2.45) is 5.92 Å². The van der Waals surface area contributed by atoms with Gasteiger partial charge in [0.1, 0.15) is 5.82 Å². The van der Waals surface area contributed by atoms with Gasteiger partial charge in [-0.25, -0.2) is 22.2 Å². The van der Waals surface area contributed by atoms with Crippen LogP contribution < -0.4 is 9.64 Å². The third kappa shape index (κ3) is 4.85. The molecule has 10 heteroatoms. The van der Waals surface area contributed by atoms with Crippen LogP contribution in [0.5, 0.6) is 11.6 Å². The van der Waals surface area contributed by atoms with E-state index >= 15 is 0 Å². The van der Waals surface area contributed by atoms with Crippen LogP contribution in [0, 0.1) is 17.6 Å². The van der Waals surface area contributed by atoms with E-state index in [4.69, 9.17) is 9.72 Å². The van der Waals surface area contributed by atoms with Crippen LogP contribution in [0.15, 0.2) is 53.4 Å². The minimum Gasteiger partial charge on any atom is -0.435 e. The first-order chi connectivity index (χ1) is 16.8. The number of benzene rings is 2. The highest BCUT2D eigenvalue weighted by atomic mass is 32.2. The largest absolute Gasteiger partial charge is 0.435 e. The van der Waals surface area contributed by atoms with Crippen molar-refractivity contribution in [3.8, 4) is 11.6 Å². The van der Waals surface area contributed by atoms with E-state index in [1.54, 1.807) is 30.3 Å². The minimum absolute atomic E-state index is 0.0119. The standard InChI is InChI=1S/C25H26F2N4O3S/c1-17-9-12-30(13-10-17)25-28-22-11-14-31(35(32,33)19-5-3-2-4-6-19)16-20(22)24(29-25)34-23-8-7-18(26)15-21(23)27/h2-8,15,17H,9-14,16H2,1H3. The summed E-state index contributed by atoms with van der Waals surface area (Å²) in [5.41, 5.74) is 1.15. The maximum Gasteiger partial charge on any atom is 0.243 e. The van der Waals surface area contributed by atoms with E-state index < -0.39 is 21.7 Å². The number of halogens is 2. The van der Waals surface area contributed by atoms with E-state index in [1.165, 1.54) is 10.4 Å². The fourth-order valence-electron chi connectivity index (χ4n) is 4.39. The number of aromatic nitrogens is 2. The molecule has 0 N–H and O–H groups in total. The van der Waals surface area contributed by atoms with Gasteiger partial charge in [0.2, 0.25) is 21.9 Å². The Hall–Kier alpha value is -3.11. The third-order valence-electron chi connectivity index (χ3n) is 6.52. The summed E-state index contributed by atoms with van der Waals surface area (Å²) in [6.07, 6.45) is 2.38. The molecule has 0 amide bonds. The molecule has 0 spiro atoms. The fourth-order valence-corrected chi connectivity index (χ4v) is 5.82. The van der Waals surface area contributed by atoms with Crippen LogP contribution in [-0.4, -0.2) is 42.3 Å². The van der Waals surface area contributed by atoms with Gasteiger partial charge in [-0.3, -0.25) is 0 Å². The average Bonchev–Trinajstić information content (AvgIpc) is 2.86. The number of anilines is 1. The molecule has 3 heterocycles. The molecule has 7 nitrogen and oxygen atoms in total. The van der Waals surface area contributed by atoms with Crippen molar-refractivity contribution in [3.63, 3.8) is 0 Å².